The Morgan fingerprint density at radius 3 is 2.31 bits per heavy atom. The molecule has 242 valence electrons. The summed E-state index contributed by atoms with van der Waals surface area (Å²) in [5.41, 5.74) is 4.12. The minimum absolute atomic E-state index is 0.0329. The number of rotatable bonds is 14. The average Bonchev–Trinajstić information content (AvgIpc) is 3.38. The van der Waals surface area contributed by atoms with E-state index < -0.39 is 42.8 Å². The molecule has 0 saturated carbocycles. The van der Waals surface area contributed by atoms with Gasteiger partial charge in [-0.2, -0.15) is 0 Å². The highest BCUT2D eigenvalue weighted by molar-refractivity contribution is 7.91. The molecule has 1 heterocycles. The van der Waals surface area contributed by atoms with Crippen LogP contribution in [0.4, 0.5) is 0 Å². The number of hydrogen-bond donors (Lipinski definition) is 2. The maximum atomic E-state index is 13.5. The van der Waals surface area contributed by atoms with Gasteiger partial charge in [-0.15, -0.1) is 0 Å². The number of methoxy groups -OCH3 is 1. The molecule has 1 aliphatic rings. The van der Waals surface area contributed by atoms with Crippen molar-refractivity contribution in [2.75, 3.05) is 32.3 Å². The highest BCUT2D eigenvalue weighted by atomic mass is 32.2. The van der Waals surface area contributed by atoms with Crippen LogP contribution in [0.5, 0.6) is 0 Å². The molecular weight excluding hydrogens is 617 g/mol. The number of sulfone groups is 2. The van der Waals surface area contributed by atoms with Crippen LogP contribution in [0, 0.1) is 6.92 Å². The summed E-state index contributed by atoms with van der Waals surface area (Å²) in [6, 6.07) is 20.4. The van der Waals surface area contributed by atoms with Crippen molar-refractivity contribution in [3.63, 3.8) is 0 Å². The highest BCUT2D eigenvalue weighted by Gasteiger charge is 2.39. The van der Waals surface area contributed by atoms with E-state index in [1.54, 1.807) is 19.2 Å². The Balaban J connectivity index is 1.61. The van der Waals surface area contributed by atoms with Gasteiger partial charge < -0.3 is 15.2 Å². The van der Waals surface area contributed by atoms with Gasteiger partial charge >= 0.3 is 5.97 Å². The third kappa shape index (κ3) is 9.23. The lowest BCUT2D eigenvalue weighted by Gasteiger charge is -2.24. The van der Waals surface area contributed by atoms with E-state index in [4.69, 9.17) is 4.74 Å². The fourth-order valence-electron chi connectivity index (χ4n) is 5.73. The van der Waals surface area contributed by atoms with Gasteiger partial charge in [0.15, 0.2) is 9.84 Å². The Kier molecular flexibility index (Phi) is 11.2. The van der Waals surface area contributed by atoms with Crippen molar-refractivity contribution in [2.24, 2.45) is 0 Å². The summed E-state index contributed by atoms with van der Waals surface area (Å²) >= 11 is 0. The molecule has 0 aromatic heterocycles. The Hall–Kier alpha value is -3.58. The third-order valence-corrected chi connectivity index (χ3v) is 11.2. The van der Waals surface area contributed by atoms with Crippen LogP contribution in [0.3, 0.4) is 0 Å². The summed E-state index contributed by atoms with van der Waals surface area (Å²) in [7, 11) is -5.27. The van der Waals surface area contributed by atoms with Gasteiger partial charge in [0.25, 0.3) is 5.91 Å². The molecule has 0 spiro atoms. The summed E-state index contributed by atoms with van der Waals surface area (Å²) in [5, 5.41) is 11.6. The summed E-state index contributed by atoms with van der Waals surface area (Å²) in [6.45, 7) is 3.03. The van der Waals surface area contributed by atoms with Crippen LogP contribution < -0.4 is 5.32 Å². The predicted octanol–water partition coefficient (Wildman–Crippen LogP) is 3.48. The van der Waals surface area contributed by atoms with Crippen molar-refractivity contribution in [3.05, 3.63) is 95.1 Å². The van der Waals surface area contributed by atoms with E-state index in [9.17, 15) is 31.5 Å². The normalized spacial score (nSPS) is 18.0. The van der Waals surface area contributed by atoms with Crippen LogP contribution >= 0.6 is 0 Å². The molecule has 45 heavy (non-hydrogen) atoms. The summed E-state index contributed by atoms with van der Waals surface area (Å²) in [5.74, 6) is -2.37. The van der Waals surface area contributed by atoms with Crippen molar-refractivity contribution in [1.29, 1.82) is 0 Å². The Bertz CT molecular complexity index is 1730. The molecule has 10 nitrogen and oxygen atoms in total. The average molecular weight is 657 g/mol. The zero-order valence-electron chi connectivity index (χ0n) is 25.7. The highest BCUT2D eigenvalue weighted by Crippen LogP contribution is 2.31. The molecule has 3 atom stereocenters. The standard InChI is InChI=1S/C33H40N2O8S2/c1-23-9-7-8-12-28(23)30-17-25(13-14-29(30)32(36)34-31(33(37)38)15-16-44(3,39)40)19-35-20-27(18-26(35)21-43-2)45(41,42)22-24-10-5-4-6-11-24/h4-14,17,26-27,31H,15-16,18-22H2,1-3H3,(H,34,36)(H,37,38)/t26-,27-,31+/m1/s1. The molecular formula is C33H40N2O8S2. The van der Waals surface area contributed by atoms with Crippen LogP contribution in [0.1, 0.15) is 39.9 Å². The van der Waals surface area contributed by atoms with Crippen LogP contribution in [0.2, 0.25) is 0 Å². The predicted molar refractivity (Wildman–Crippen MR) is 173 cm³/mol. The summed E-state index contributed by atoms with van der Waals surface area (Å²) < 4.78 is 55.5. The number of likely N-dealkylation sites (tertiary alicyclic amines) is 1. The van der Waals surface area contributed by atoms with E-state index in [2.05, 4.69) is 10.2 Å². The smallest absolute Gasteiger partial charge is 0.326 e. The van der Waals surface area contributed by atoms with E-state index in [-0.39, 0.29) is 29.5 Å². The molecule has 2 N–H and O–H groups in total. The second-order valence-corrected chi connectivity index (χ2v) is 16.2. The molecule has 3 aromatic carbocycles. The first-order valence-electron chi connectivity index (χ1n) is 14.7. The summed E-state index contributed by atoms with van der Waals surface area (Å²) in [6.07, 6.45) is 1.20. The third-order valence-electron chi connectivity index (χ3n) is 8.10. The number of carboxylic acid groups (broad SMARTS) is 1. The van der Waals surface area contributed by atoms with Crippen molar-refractivity contribution in [1.82, 2.24) is 10.2 Å². The first-order valence-corrected chi connectivity index (χ1v) is 18.4. The molecule has 12 heteroatoms. The molecule has 1 aliphatic heterocycles. The molecule has 0 aliphatic carbocycles. The number of ether oxygens (including phenoxy) is 1. The summed E-state index contributed by atoms with van der Waals surface area (Å²) in [4.78, 5) is 27.4. The number of amides is 1. The van der Waals surface area contributed by atoms with E-state index in [1.807, 2.05) is 67.6 Å². The molecule has 0 unspecified atom stereocenters. The molecule has 4 rings (SSSR count). The van der Waals surface area contributed by atoms with Gasteiger partial charge in [0.05, 0.1) is 23.4 Å². The topological polar surface area (TPSA) is 147 Å². The minimum atomic E-state index is -3.43. The Morgan fingerprint density at radius 1 is 0.978 bits per heavy atom. The first kappa shape index (κ1) is 34.3. The molecule has 1 amide bonds. The van der Waals surface area contributed by atoms with Crippen LogP contribution in [0.25, 0.3) is 11.1 Å². The van der Waals surface area contributed by atoms with Gasteiger partial charge in [-0.1, -0.05) is 60.7 Å². The number of aliphatic carboxylic acids is 1. The first-order chi connectivity index (χ1) is 21.3. The molecule has 0 bridgehead atoms. The monoisotopic (exact) mass is 656 g/mol. The zero-order chi connectivity index (χ0) is 32.8. The fraction of sp³-hybridized carbons (Fsp3) is 0.394. The lowest BCUT2D eigenvalue weighted by atomic mass is 9.93. The Morgan fingerprint density at radius 2 is 1.67 bits per heavy atom. The van der Waals surface area contributed by atoms with E-state index in [0.29, 0.717) is 31.7 Å². The quantitative estimate of drug-likeness (QED) is 0.266. The van der Waals surface area contributed by atoms with E-state index in [0.717, 1.165) is 28.5 Å². The molecule has 1 saturated heterocycles. The maximum Gasteiger partial charge on any atom is 0.326 e. The van der Waals surface area contributed by atoms with Crippen molar-refractivity contribution in [2.45, 2.75) is 49.4 Å². The van der Waals surface area contributed by atoms with Gasteiger partial charge in [0, 0.05) is 38.1 Å². The van der Waals surface area contributed by atoms with Gasteiger partial charge in [-0.3, -0.25) is 9.69 Å². The lowest BCUT2D eigenvalue weighted by molar-refractivity contribution is -0.139. The van der Waals surface area contributed by atoms with Crippen LogP contribution in [-0.4, -0.2) is 88.3 Å². The van der Waals surface area contributed by atoms with Gasteiger partial charge in [0.1, 0.15) is 15.9 Å². The van der Waals surface area contributed by atoms with E-state index >= 15 is 0 Å². The SMILES string of the molecule is COC[C@H]1C[C@@H](S(=O)(=O)Cc2ccccc2)CN1Cc1ccc(C(=O)N[C@@H](CCS(C)(=O)=O)C(=O)O)c(-c2ccccc2C)c1. The van der Waals surface area contributed by atoms with Crippen molar-refractivity contribution < 1.29 is 36.3 Å². The van der Waals surface area contributed by atoms with Gasteiger partial charge in [0.2, 0.25) is 0 Å². The fourth-order valence-corrected chi connectivity index (χ4v) is 8.22. The number of aryl methyl sites for hydroxylation is 1. The zero-order valence-corrected chi connectivity index (χ0v) is 27.3. The van der Waals surface area contributed by atoms with Crippen molar-refractivity contribution >= 4 is 31.6 Å². The lowest BCUT2D eigenvalue weighted by Crippen LogP contribution is -2.42. The number of hydrogen-bond acceptors (Lipinski definition) is 8. The maximum absolute atomic E-state index is 13.5. The Labute approximate surface area is 265 Å². The van der Waals surface area contributed by atoms with Crippen LogP contribution in [0.15, 0.2) is 72.8 Å². The number of nitrogens with zero attached hydrogens (tertiary/aromatic N) is 1. The van der Waals surface area contributed by atoms with E-state index in [1.165, 1.54) is 0 Å². The number of nitrogens with one attached hydrogen (secondary N) is 1. The minimum Gasteiger partial charge on any atom is -0.480 e. The molecule has 1 fully saturated rings. The van der Waals surface area contributed by atoms with Crippen molar-refractivity contribution in [3.8, 4) is 11.1 Å². The number of carboxylic acids is 1. The second kappa shape index (κ2) is 14.7. The molecule has 0 radical (unpaired) electrons. The largest absolute Gasteiger partial charge is 0.480 e. The van der Waals surface area contributed by atoms with Crippen LogP contribution in [-0.2, 0) is 41.5 Å². The number of carbonyl (C=O) groups excluding carboxylic acids is 1. The van der Waals surface area contributed by atoms with Gasteiger partial charge in [-0.05, 0) is 59.7 Å². The molecule has 3 aromatic rings. The second-order valence-electron chi connectivity index (χ2n) is 11.7. The van der Waals surface area contributed by atoms with Gasteiger partial charge in [-0.25, -0.2) is 21.6 Å². The number of carbonyl (C=O) groups is 2. The number of benzene rings is 3.